The van der Waals surface area contributed by atoms with Crippen LogP contribution in [0.4, 0.5) is 0 Å². The largest absolute Gasteiger partial charge is 0.348 e. The number of hydrogen-bond donors (Lipinski definition) is 2. The zero-order valence-corrected chi connectivity index (χ0v) is 11.9. The average Bonchev–Trinajstić information content (AvgIpc) is 2.55. The molecule has 0 saturated carbocycles. The summed E-state index contributed by atoms with van der Waals surface area (Å²) in [6.45, 7) is 10.4. The Bertz CT molecular complexity index is 387. The number of amides is 1. The SMILES string of the molecule is Cc1nc(C)c(C(C)NC(=O)CNC(C)C)s1. The monoisotopic (exact) mass is 255 g/mol. The van der Waals surface area contributed by atoms with Crippen LogP contribution in [0.5, 0.6) is 0 Å². The lowest BCUT2D eigenvalue weighted by Crippen LogP contribution is -2.37. The lowest BCUT2D eigenvalue weighted by atomic mass is 10.2. The van der Waals surface area contributed by atoms with Crippen LogP contribution in [0.25, 0.3) is 0 Å². The highest BCUT2D eigenvalue weighted by molar-refractivity contribution is 7.11. The van der Waals surface area contributed by atoms with Gasteiger partial charge in [0.05, 0.1) is 23.3 Å². The third-order valence-electron chi connectivity index (χ3n) is 2.38. The molecule has 0 saturated heterocycles. The number of carbonyl (C=O) groups is 1. The van der Waals surface area contributed by atoms with Crippen molar-refractivity contribution in [2.24, 2.45) is 0 Å². The van der Waals surface area contributed by atoms with Crippen LogP contribution >= 0.6 is 11.3 Å². The average molecular weight is 255 g/mol. The Labute approximate surface area is 107 Å². The van der Waals surface area contributed by atoms with Crippen molar-refractivity contribution in [2.75, 3.05) is 6.54 Å². The van der Waals surface area contributed by atoms with Gasteiger partial charge >= 0.3 is 0 Å². The number of aryl methyl sites for hydroxylation is 2. The summed E-state index contributed by atoms with van der Waals surface area (Å²) < 4.78 is 0. The number of nitrogens with one attached hydrogen (secondary N) is 2. The molecule has 1 aromatic heterocycles. The van der Waals surface area contributed by atoms with E-state index < -0.39 is 0 Å². The number of rotatable bonds is 5. The molecule has 0 spiro atoms. The van der Waals surface area contributed by atoms with E-state index in [1.807, 2.05) is 34.6 Å². The van der Waals surface area contributed by atoms with E-state index >= 15 is 0 Å². The van der Waals surface area contributed by atoms with E-state index in [4.69, 9.17) is 0 Å². The van der Waals surface area contributed by atoms with Gasteiger partial charge in [0.2, 0.25) is 5.91 Å². The molecular weight excluding hydrogens is 234 g/mol. The van der Waals surface area contributed by atoms with E-state index in [2.05, 4.69) is 15.6 Å². The van der Waals surface area contributed by atoms with Crippen LogP contribution in [0.2, 0.25) is 0 Å². The second-order valence-corrected chi connectivity index (χ2v) is 5.74. The van der Waals surface area contributed by atoms with Crippen molar-refractivity contribution in [1.82, 2.24) is 15.6 Å². The molecule has 17 heavy (non-hydrogen) atoms. The molecule has 0 aliphatic rings. The molecule has 0 aromatic carbocycles. The highest BCUT2D eigenvalue weighted by Gasteiger charge is 2.15. The lowest BCUT2D eigenvalue weighted by Gasteiger charge is -2.14. The summed E-state index contributed by atoms with van der Waals surface area (Å²) in [5, 5.41) is 7.11. The summed E-state index contributed by atoms with van der Waals surface area (Å²) in [4.78, 5) is 17.2. The smallest absolute Gasteiger partial charge is 0.234 e. The van der Waals surface area contributed by atoms with E-state index in [-0.39, 0.29) is 11.9 Å². The number of aromatic nitrogens is 1. The van der Waals surface area contributed by atoms with Crippen LogP contribution in [0, 0.1) is 13.8 Å². The van der Waals surface area contributed by atoms with Crippen LogP contribution in [0.1, 0.15) is 42.4 Å². The Balaban J connectivity index is 2.51. The van der Waals surface area contributed by atoms with Gasteiger partial charge in [0.25, 0.3) is 0 Å². The maximum absolute atomic E-state index is 11.7. The van der Waals surface area contributed by atoms with Crippen molar-refractivity contribution in [2.45, 2.75) is 46.7 Å². The number of nitrogens with zero attached hydrogens (tertiary/aromatic N) is 1. The molecule has 0 radical (unpaired) electrons. The first kappa shape index (κ1) is 14.1. The minimum absolute atomic E-state index is 0.0247. The highest BCUT2D eigenvalue weighted by atomic mass is 32.1. The van der Waals surface area contributed by atoms with Gasteiger partial charge in [-0.15, -0.1) is 11.3 Å². The van der Waals surface area contributed by atoms with Crippen molar-refractivity contribution in [1.29, 1.82) is 0 Å². The zero-order valence-electron chi connectivity index (χ0n) is 11.1. The number of thiazole rings is 1. The first-order valence-corrected chi connectivity index (χ1v) is 6.68. The topological polar surface area (TPSA) is 54.0 Å². The van der Waals surface area contributed by atoms with Crippen LogP contribution in [-0.4, -0.2) is 23.5 Å². The van der Waals surface area contributed by atoms with Crippen molar-refractivity contribution in [3.63, 3.8) is 0 Å². The Morgan fingerprint density at radius 2 is 2.00 bits per heavy atom. The van der Waals surface area contributed by atoms with Crippen molar-refractivity contribution < 1.29 is 4.79 Å². The van der Waals surface area contributed by atoms with Gasteiger partial charge in [-0.1, -0.05) is 13.8 Å². The van der Waals surface area contributed by atoms with E-state index in [0.29, 0.717) is 12.6 Å². The zero-order chi connectivity index (χ0) is 13.0. The van der Waals surface area contributed by atoms with Gasteiger partial charge in [0.1, 0.15) is 0 Å². The van der Waals surface area contributed by atoms with Crippen molar-refractivity contribution in [3.05, 3.63) is 15.6 Å². The van der Waals surface area contributed by atoms with Gasteiger partial charge in [-0.3, -0.25) is 4.79 Å². The minimum Gasteiger partial charge on any atom is -0.348 e. The normalized spacial score (nSPS) is 12.8. The number of hydrogen-bond acceptors (Lipinski definition) is 4. The highest BCUT2D eigenvalue weighted by Crippen LogP contribution is 2.24. The second-order valence-electron chi connectivity index (χ2n) is 4.51. The van der Waals surface area contributed by atoms with Gasteiger partial charge < -0.3 is 10.6 Å². The third-order valence-corrected chi connectivity index (χ3v) is 3.64. The Morgan fingerprint density at radius 1 is 1.35 bits per heavy atom. The molecule has 0 aliphatic heterocycles. The molecule has 2 N–H and O–H groups in total. The van der Waals surface area contributed by atoms with Crippen LogP contribution in [-0.2, 0) is 4.79 Å². The molecular formula is C12H21N3OS. The maximum atomic E-state index is 11.7. The molecule has 0 fully saturated rings. The van der Waals surface area contributed by atoms with Crippen molar-refractivity contribution in [3.8, 4) is 0 Å². The molecule has 5 heteroatoms. The molecule has 0 bridgehead atoms. The van der Waals surface area contributed by atoms with Gasteiger partial charge in [0, 0.05) is 10.9 Å². The first-order valence-electron chi connectivity index (χ1n) is 5.86. The molecule has 1 heterocycles. The Kier molecular flexibility index (Phi) is 5.08. The van der Waals surface area contributed by atoms with Crippen molar-refractivity contribution >= 4 is 17.2 Å². The Hall–Kier alpha value is -0.940. The molecule has 1 aromatic rings. The molecule has 1 unspecified atom stereocenters. The fraction of sp³-hybridized carbons (Fsp3) is 0.667. The molecule has 1 amide bonds. The molecule has 4 nitrogen and oxygen atoms in total. The predicted molar refractivity (Wildman–Crippen MR) is 71.3 cm³/mol. The summed E-state index contributed by atoms with van der Waals surface area (Å²) in [6, 6.07) is 0.353. The lowest BCUT2D eigenvalue weighted by molar-refractivity contribution is -0.120. The van der Waals surface area contributed by atoms with E-state index in [9.17, 15) is 4.79 Å². The fourth-order valence-corrected chi connectivity index (χ4v) is 2.53. The third kappa shape index (κ3) is 4.44. The predicted octanol–water partition coefficient (Wildman–Crippen LogP) is 1.94. The van der Waals surface area contributed by atoms with Crippen LogP contribution in [0.15, 0.2) is 0 Å². The van der Waals surface area contributed by atoms with Gasteiger partial charge in [-0.25, -0.2) is 4.98 Å². The molecule has 1 atom stereocenters. The quantitative estimate of drug-likeness (QED) is 0.845. The van der Waals surface area contributed by atoms with Crippen LogP contribution < -0.4 is 10.6 Å². The summed E-state index contributed by atoms with van der Waals surface area (Å²) in [7, 11) is 0. The van der Waals surface area contributed by atoms with E-state index in [1.165, 1.54) is 0 Å². The number of carbonyl (C=O) groups excluding carboxylic acids is 1. The van der Waals surface area contributed by atoms with Crippen LogP contribution in [0.3, 0.4) is 0 Å². The van der Waals surface area contributed by atoms with Gasteiger partial charge in [0.15, 0.2) is 0 Å². The summed E-state index contributed by atoms with van der Waals surface area (Å²) >= 11 is 1.64. The summed E-state index contributed by atoms with van der Waals surface area (Å²) in [5.41, 5.74) is 1.01. The summed E-state index contributed by atoms with van der Waals surface area (Å²) in [6.07, 6.45) is 0. The molecule has 96 valence electrons. The van der Waals surface area contributed by atoms with E-state index in [0.717, 1.165) is 15.6 Å². The first-order chi connectivity index (χ1) is 7.90. The maximum Gasteiger partial charge on any atom is 0.234 e. The molecule has 1 rings (SSSR count). The molecule has 0 aliphatic carbocycles. The minimum atomic E-state index is 0.0247. The summed E-state index contributed by atoms with van der Waals surface area (Å²) in [5.74, 6) is 0.0247. The second kappa shape index (κ2) is 6.12. The Morgan fingerprint density at radius 3 is 2.47 bits per heavy atom. The van der Waals surface area contributed by atoms with Gasteiger partial charge in [-0.2, -0.15) is 0 Å². The van der Waals surface area contributed by atoms with Gasteiger partial charge in [-0.05, 0) is 20.8 Å². The standard InChI is InChI=1S/C12H21N3OS/c1-7(2)13-6-11(16)15-9(4)12-8(3)14-10(5)17-12/h7,9,13H,6H2,1-5H3,(H,15,16). The van der Waals surface area contributed by atoms with E-state index in [1.54, 1.807) is 11.3 Å². The fourth-order valence-electron chi connectivity index (χ4n) is 1.60.